The fraction of sp³-hybridized carbons (Fsp3) is 0.0909. The van der Waals surface area contributed by atoms with Crippen LogP contribution in [0.4, 0.5) is 22.0 Å². The number of methoxy groups -OCH3 is 1. The number of hydrogen-bond donors (Lipinski definition) is 3. The molecule has 0 aliphatic carbocycles. The summed E-state index contributed by atoms with van der Waals surface area (Å²) in [5.41, 5.74) is 15.3. The van der Waals surface area contributed by atoms with Crippen molar-refractivity contribution in [2.24, 2.45) is 5.73 Å². The Morgan fingerprint density at radius 1 is 1.13 bits per heavy atom. The minimum absolute atomic E-state index is 0.106. The normalized spacial score (nSPS) is 10.9. The lowest BCUT2D eigenvalue weighted by Gasteiger charge is -2.21. The molecule has 0 fully saturated rings. The van der Waals surface area contributed by atoms with Gasteiger partial charge in [0, 0.05) is 12.1 Å². The number of primary amides is 1. The van der Waals surface area contributed by atoms with E-state index >= 15 is 0 Å². The number of aromatic amines is 1. The molecule has 0 saturated carbocycles. The Morgan fingerprint density at radius 2 is 1.90 bits per heavy atom. The monoisotopic (exact) mass is 437 g/mol. The Balaban J connectivity index is 1.74. The van der Waals surface area contributed by atoms with E-state index in [1.165, 1.54) is 4.90 Å². The topological polar surface area (TPSA) is 119 Å². The van der Waals surface area contributed by atoms with E-state index in [1.807, 2.05) is 24.3 Å². The molecule has 8 nitrogen and oxygen atoms in total. The minimum Gasteiger partial charge on any atom is -0.465 e. The number of rotatable bonds is 6. The zero-order valence-electron chi connectivity index (χ0n) is 16.6. The number of urea groups is 1. The van der Waals surface area contributed by atoms with Crippen molar-refractivity contribution >= 4 is 45.7 Å². The van der Waals surface area contributed by atoms with E-state index in [0.717, 1.165) is 16.5 Å². The smallest absolute Gasteiger partial charge is 0.323 e. The first-order chi connectivity index (χ1) is 15.0. The number of hydrogen-bond acceptors (Lipinski definition) is 5. The maximum atomic E-state index is 12.1. The summed E-state index contributed by atoms with van der Waals surface area (Å²) < 4.78 is 10.6. The lowest BCUT2D eigenvalue weighted by molar-refractivity contribution is 0.0521. The lowest BCUT2D eigenvalue weighted by atomic mass is 10.0. The van der Waals surface area contributed by atoms with Gasteiger partial charge in [0.05, 0.1) is 16.8 Å². The maximum Gasteiger partial charge on any atom is 0.323 e. The summed E-state index contributed by atoms with van der Waals surface area (Å²) in [4.78, 5) is 13.5. The van der Waals surface area contributed by atoms with Gasteiger partial charge in [-0.1, -0.05) is 29.8 Å². The van der Waals surface area contributed by atoms with Gasteiger partial charge in [0.15, 0.2) is 12.6 Å². The predicted molar refractivity (Wildman–Crippen MR) is 122 cm³/mol. The second kappa shape index (κ2) is 8.55. The predicted octanol–water partition coefficient (Wildman–Crippen LogP) is 4.67. The van der Waals surface area contributed by atoms with E-state index in [1.54, 1.807) is 43.5 Å². The molecule has 1 heterocycles. The largest absolute Gasteiger partial charge is 0.465 e. The first kappa shape index (κ1) is 20.5. The SMILES string of the molecule is COCOc1ccc(-c2ccc(N(C(N)=O)c3cccc(Cl)c3)cc2)c2c(N)n[nH]c12. The fourth-order valence-corrected chi connectivity index (χ4v) is 3.61. The summed E-state index contributed by atoms with van der Waals surface area (Å²) in [6.45, 7) is 0.106. The van der Waals surface area contributed by atoms with Crippen LogP contribution in [-0.2, 0) is 4.74 Å². The summed E-state index contributed by atoms with van der Waals surface area (Å²) >= 11 is 6.07. The molecule has 0 saturated heterocycles. The Morgan fingerprint density at radius 3 is 2.58 bits per heavy atom. The average molecular weight is 438 g/mol. The number of ether oxygens (including phenoxy) is 2. The molecule has 0 bridgehead atoms. The number of halogens is 1. The highest BCUT2D eigenvalue weighted by Gasteiger charge is 2.17. The van der Waals surface area contributed by atoms with Crippen LogP contribution in [0.5, 0.6) is 5.75 Å². The van der Waals surface area contributed by atoms with Crippen molar-refractivity contribution in [3.05, 3.63) is 65.7 Å². The highest BCUT2D eigenvalue weighted by molar-refractivity contribution is 6.31. The van der Waals surface area contributed by atoms with E-state index in [9.17, 15) is 4.79 Å². The number of nitrogen functional groups attached to an aromatic ring is 1. The van der Waals surface area contributed by atoms with Gasteiger partial charge in [-0.05, 0) is 53.6 Å². The summed E-state index contributed by atoms with van der Waals surface area (Å²) in [6, 6.07) is 17.4. The minimum atomic E-state index is -0.615. The highest BCUT2D eigenvalue weighted by atomic mass is 35.5. The number of H-pyrrole nitrogens is 1. The maximum absolute atomic E-state index is 12.1. The molecule has 0 aliphatic rings. The molecule has 0 aliphatic heterocycles. The zero-order valence-corrected chi connectivity index (χ0v) is 17.4. The molecule has 1 aromatic heterocycles. The van der Waals surface area contributed by atoms with Gasteiger partial charge in [-0.2, -0.15) is 5.10 Å². The molecular weight excluding hydrogens is 418 g/mol. The van der Waals surface area contributed by atoms with E-state index in [-0.39, 0.29) is 6.79 Å². The van der Waals surface area contributed by atoms with Crippen LogP contribution >= 0.6 is 11.6 Å². The zero-order chi connectivity index (χ0) is 22.0. The molecule has 158 valence electrons. The van der Waals surface area contributed by atoms with Gasteiger partial charge < -0.3 is 20.9 Å². The Hall–Kier alpha value is -3.75. The van der Waals surface area contributed by atoms with Crippen LogP contribution in [0.3, 0.4) is 0 Å². The molecule has 4 aromatic rings. The van der Waals surface area contributed by atoms with Crippen molar-refractivity contribution in [3.8, 4) is 16.9 Å². The van der Waals surface area contributed by atoms with Gasteiger partial charge in [0.2, 0.25) is 0 Å². The van der Waals surface area contributed by atoms with E-state index < -0.39 is 6.03 Å². The van der Waals surface area contributed by atoms with Gasteiger partial charge in [0.25, 0.3) is 0 Å². The standard InChI is InChI=1S/C22H20ClN5O3/c1-30-12-31-18-10-9-17(19-20(18)26-27-21(19)24)13-5-7-15(8-6-13)28(22(25)29)16-4-2-3-14(23)11-16/h2-11H,12H2,1H3,(H2,25,29)(H3,24,26,27). The molecular formula is C22H20ClN5O3. The number of aromatic nitrogens is 2. The summed E-state index contributed by atoms with van der Waals surface area (Å²) in [5.74, 6) is 0.942. The van der Waals surface area contributed by atoms with E-state index in [4.69, 9.17) is 32.5 Å². The van der Waals surface area contributed by atoms with Crippen LogP contribution in [0, 0.1) is 0 Å². The molecule has 5 N–H and O–H groups in total. The van der Waals surface area contributed by atoms with Crippen molar-refractivity contribution in [2.45, 2.75) is 0 Å². The second-order valence-electron chi connectivity index (χ2n) is 6.72. The van der Waals surface area contributed by atoms with Gasteiger partial charge in [-0.25, -0.2) is 4.79 Å². The van der Waals surface area contributed by atoms with Crippen molar-refractivity contribution in [1.82, 2.24) is 10.2 Å². The molecule has 3 aromatic carbocycles. The van der Waals surface area contributed by atoms with Crippen LogP contribution in [-0.4, -0.2) is 30.1 Å². The van der Waals surface area contributed by atoms with Crippen molar-refractivity contribution < 1.29 is 14.3 Å². The van der Waals surface area contributed by atoms with Crippen LogP contribution in [0.25, 0.3) is 22.0 Å². The Bertz CT molecular complexity index is 1240. The number of fused-ring (bicyclic) bond motifs is 1. The molecule has 0 spiro atoms. The number of anilines is 3. The van der Waals surface area contributed by atoms with Crippen LogP contribution < -0.4 is 21.1 Å². The summed E-state index contributed by atoms with van der Waals surface area (Å²) in [5, 5.41) is 8.27. The molecule has 0 unspecified atom stereocenters. The van der Waals surface area contributed by atoms with Crippen LogP contribution in [0.1, 0.15) is 0 Å². The Labute approximate surface area is 183 Å². The quantitative estimate of drug-likeness (QED) is 0.379. The molecule has 9 heteroatoms. The van der Waals surface area contributed by atoms with Gasteiger partial charge >= 0.3 is 6.03 Å². The summed E-state index contributed by atoms with van der Waals surface area (Å²) in [6.07, 6.45) is 0. The third-order valence-electron chi connectivity index (χ3n) is 4.77. The third-order valence-corrected chi connectivity index (χ3v) is 5.00. The van der Waals surface area contributed by atoms with Crippen molar-refractivity contribution in [2.75, 3.05) is 24.5 Å². The fourth-order valence-electron chi connectivity index (χ4n) is 3.42. The van der Waals surface area contributed by atoms with Crippen LogP contribution in [0.15, 0.2) is 60.7 Å². The van der Waals surface area contributed by atoms with Gasteiger partial charge in [-0.3, -0.25) is 10.00 Å². The van der Waals surface area contributed by atoms with E-state index in [2.05, 4.69) is 10.2 Å². The molecule has 2 amide bonds. The van der Waals surface area contributed by atoms with Crippen LogP contribution in [0.2, 0.25) is 5.02 Å². The van der Waals surface area contributed by atoms with Crippen molar-refractivity contribution in [3.63, 3.8) is 0 Å². The molecule has 0 radical (unpaired) electrons. The Kier molecular flexibility index (Phi) is 5.66. The van der Waals surface area contributed by atoms with Gasteiger partial charge in [0.1, 0.15) is 11.3 Å². The first-order valence-electron chi connectivity index (χ1n) is 9.33. The number of carbonyl (C=O) groups excluding carboxylic acids is 1. The number of nitrogens with zero attached hydrogens (tertiary/aromatic N) is 2. The molecule has 4 rings (SSSR count). The van der Waals surface area contributed by atoms with Gasteiger partial charge in [-0.15, -0.1) is 0 Å². The molecule has 31 heavy (non-hydrogen) atoms. The number of carbonyl (C=O) groups is 1. The number of nitrogens with one attached hydrogen (secondary N) is 1. The highest BCUT2D eigenvalue weighted by Crippen LogP contribution is 2.37. The lowest BCUT2D eigenvalue weighted by Crippen LogP contribution is -2.31. The summed E-state index contributed by atoms with van der Waals surface area (Å²) in [7, 11) is 1.55. The number of nitrogens with two attached hydrogens (primary N) is 2. The number of amides is 2. The second-order valence-corrected chi connectivity index (χ2v) is 7.16. The average Bonchev–Trinajstić information content (AvgIpc) is 3.15. The third kappa shape index (κ3) is 3.98. The number of benzene rings is 3. The first-order valence-corrected chi connectivity index (χ1v) is 9.71. The van der Waals surface area contributed by atoms with E-state index in [0.29, 0.717) is 33.5 Å². The van der Waals surface area contributed by atoms with Crippen molar-refractivity contribution in [1.29, 1.82) is 0 Å². The molecule has 0 atom stereocenters.